The summed E-state index contributed by atoms with van der Waals surface area (Å²) < 4.78 is 0. The van der Waals surface area contributed by atoms with Gasteiger partial charge in [0, 0.05) is 25.3 Å². The molecule has 102 valence electrons. The van der Waals surface area contributed by atoms with Gasteiger partial charge in [-0.05, 0) is 30.4 Å². The highest BCUT2D eigenvalue weighted by atomic mass is 16.3. The van der Waals surface area contributed by atoms with Gasteiger partial charge in [-0.2, -0.15) is 0 Å². The second-order valence-electron chi connectivity index (χ2n) is 5.34. The Hall–Kier alpha value is -1.84. The lowest BCUT2D eigenvalue weighted by molar-refractivity contribution is -0.119. The number of phenols is 2. The summed E-state index contributed by atoms with van der Waals surface area (Å²) in [5.74, 6) is -0.209. The van der Waals surface area contributed by atoms with Crippen LogP contribution in [0.1, 0.15) is 48.5 Å². The Bertz CT molecular complexity index is 519. The number of hydrogen-bond acceptors (Lipinski definition) is 4. The van der Waals surface area contributed by atoms with Crippen LogP contribution in [0.5, 0.6) is 11.5 Å². The summed E-state index contributed by atoms with van der Waals surface area (Å²) in [6, 6.07) is 2.55. The van der Waals surface area contributed by atoms with Gasteiger partial charge in [0.15, 0.2) is 5.78 Å². The second-order valence-corrected chi connectivity index (χ2v) is 5.34. The average molecular weight is 262 g/mol. The van der Waals surface area contributed by atoms with Gasteiger partial charge >= 0.3 is 0 Å². The van der Waals surface area contributed by atoms with Crippen molar-refractivity contribution in [3.05, 3.63) is 23.3 Å². The van der Waals surface area contributed by atoms with Crippen LogP contribution in [-0.2, 0) is 11.2 Å². The zero-order valence-corrected chi connectivity index (χ0v) is 11.0. The van der Waals surface area contributed by atoms with E-state index < -0.39 is 0 Å². The van der Waals surface area contributed by atoms with Gasteiger partial charge in [-0.1, -0.05) is 6.92 Å². The summed E-state index contributed by atoms with van der Waals surface area (Å²) in [7, 11) is 0. The summed E-state index contributed by atoms with van der Waals surface area (Å²) in [6.45, 7) is 2.00. The number of aromatic hydroxyl groups is 2. The van der Waals surface area contributed by atoms with Crippen molar-refractivity contribution in [1.82, 2.24) is 0 Å². The van der Waals surface area contributed by atoms with E-state index in [1.807, 2.05) is 6.92 Å². The zero-order chi connectivity index (χ0) is 14.0. The van der Waals surface area contributed by atoms with Crippen LogP contribution in [0.4, 0.5) is 0 Å². The van der Waals surface area contributed by atoms with Crippen molar-refractivity contribution in [3.63, 3.8) is 0 Å². The minimum Gasteiger partial charge on any atom is -0.508 e. The highest BCUT2D eigenvalue weighted by Gasteiger charge is 2.22. The first kappa shape index (κ1) is 13.6. The van der Waals surface area contributed by atoms with Crippen LogP contribution in [0.25, 0.3) is 0 Å². The predicted molar refractivity (Wildman–Crippen MR) is 70.4 cm³/mol. The Morgan fingerprint density at radius 2 is 1.95 bits per heavy atom. The molecule has 1 aliphatic carbocycles. The van der Waals surface area contributed by atoms with Crippen molar-refractivity contribution in [2.45, 2.75) is 39.0 Å². The van der Waals surface area contributed by atoms with Crippen molar-refractivity contribution < 1.29 is 19.8 Å². The van der Waals surface area contributed by atoms with E-state index in [-0.39, 0.29) is 41.0 Å². The molecule has 1 aromatic carbocycles. The number of rotatable bonds is 0. The fraction of sp³-hybridized carbons (Fsp3) is 0.467. The first-order valence-corrected chi connectivity index (χ1v) is 6.57. The van der Waals surface area contributed by atoms with E-state index in [0.717, 1.165) is 12.5 Å². The van der Waals surface area contributed by atoms with E-state index in [1.54, 1.807) is 0 Å². The van der Waals surface area contributed by atoms with Crippen LogP contribution in [0.3, 0.4) is 0 Å². The van der Waals surface area contributed by atoms with Crippen LogP contribution in [0, 0.1) is 5.92 Å². The van der Waals surface area contributed by atoms with Gasteiger partial charge in [0.1, 0.15) is 17.3 Å². The number of ketones is 2. The number of hydrogen-bond donors (Lipinski definition) is 2. The highest BCUT2D eigenvalue weighted by Crippen LogP contribution is 2.31. The van der Waals surface area contributed by atoms with Crippen molar-refractivity contribution in [2.24, 2.45) is 5.92 Å². The predicted octanol–water partition coefficient (Wildman–Crippen LogP) is 2.60. The molecule has 0 spiro atoms. The first-order chi connectivity index (χ1) is 8.97. The molecule has 4 nitrogen and oxygen atoms in total. The number of carbonyl (C=O) groups excluding carboxylic acids is 2. The van der Waals surface area contributed by atoms with E-state index in [0.29, 0.717) is 24.8 Å². The summed E-state index contributed by atoms with van der Waals surface area (Å²) in [4.78, 5) is 24.0. The molecule has 0 aliphatic heterocycles. The fourth-order valence-electron chi connectivity index (χ4n) is 2.64. The largest absolute Gasteiger partial charge is 0.508 e. The minimum atomic E-state index is -0.235. The van der Waals surface area contributed by atoms with Crippen molar-refractivity contribution >= 4 is 11.6 Å². The molecular formula is C15H18O4. The molecule has 2 N–H and O–H groups in total. The summed E-state index contributed by atoms with van der Waals surface area (Å²) in [6.07, 6.45) is 2.49. The quantitative estimate of drug-likeness (QED) is 0.753. The fourth-order valence-corrected chi connectivity index (χ4v) is 2.64. The molecule has 2 rings (SSSR count). The van der Waals surface area contributed by atoms with Crippen LogP contribution < -0.4 is 0 Å². The normalized spacial score (nSPS) is 21.0. The van der Waals surface area contributed by atoms with Gasteiger partial charge in [0.05, 0.1) is 5.56 Å². The molecule has 0 bridgehead atoms. The second kappa shape index (κ2) is 5.43. The van der Waals surface area contributed by atoms with E-state index in [9.17, 15) is 19.8 Å². The molecule has 1 unspecified atom stereocenters. The maximum absolute atomic E-state index is 12.1. The van der Waals surface area contributed by atoms with Gasteiger partial charge in [0.25, 0.3) is 0 Å². The molecule has 0 aromatic heterocycles. The molecule has 4 heteroatoms. The van der Waals surface area contributed by atoms with Gasteiger partial charge in [-0.3, -0.25) is 9.59 Å². The lowest BCUT2D eigenvalue weighted by Crippen LogP contribution is -2.14. The highest BCUT2D eigenvalue weighted by molar-refractivity contribution is 6.01. The summed E-state index contributed by atoms with van der Waals surface area (Å²) in [5.41, 5.74) is 0.627. The molecule has 0 radical (unpaired) electrons. The van der Waals surface area contributed by atoms with Crippen LogP contribution in [0.2, 0.25) is 0 Å². The molecule has 0 saturated carbocycles. The molecule has 0 amide bonds. The molecule has 0 saturated heterocycles. The Labute approximate surface area is 112 Å². The van der Waals surface area contributed by atoms with Crippen LogP contribution in [-0.4, -0.2) is 21.8 Å². The van der Waals surface area contributed by atoms with Crippen molar-refractivity contribution in [3.8, 4) is 11.5 Å². The van der Waals surface area contributed by atoms with Gasteiger partial charge in [-0.15, -0.1) is 0 Å². The number of carbonyl (C=O) groups is 2. The number of benzene rings is 1. The van der Waals surface area contributed by atoms with Crippen molar-refractivity contribution in [1.29, 1.82) is 0 Å². The molecule has 1 aromatic rings. The standard InChI is InChI=1S/C15H18O4/c1-9-3-2-4-13(18)15-10(6-11(16)5-9)7-12(17)8-14(15)19/h7-9,17,19H,2-6H2,1H3. The van der Waals surface area contributed by atoms with Gasteiger partial charge in [0.2, 0.25) is 0 Å². The molecular weight excluding hydrogens is 244 g/mol. The number of fused-ring (bicyclic) bond motifs is 1. The number of phenolic OH excluding ortho intramolecular Hbond substituents is 2. The monoisotopic (exact) mass is 262 g/mol. The van der Waals surface area contributed by atoms with Crippen molar-refractivity contribution in [2.75, 3.05) is 0 Å². The number of Topliss-reactive ketones (excluding diaryl/α,β-unsaturated/α-hetero) is 2. The van der Waals surface area contributed by atoms with E-state index >= 15 is 0 Å². The van der Waals surface area contributed by atoms with E-state index in [1.165, 1.54) is 6.07 Å². The third-order valence-electron chi connectivity index (χ3n) is 3.53. The Kier molecular flexibility index (Phi) is 3.88. The topological polar surface area (TPSA) is 74.6 Å². The Balaban J connectivity index is 2.44. The Morgan fingerprint density at radius 1 is 1.21 bits per heavy atom. The molecule has 0 heterocycles. The lowest BCUT2D eigenvalue weighted by atomic mass is 9.88. The third kappa shape index (κ3) is 3.13. The summed E-state index contributed by atoms with van der Waals surface area (Å²) in [5, 5.41) is 19.3. The van der Waals surface area contributed by atoms with Crippen LogP contribution >= 0.6 is 0 Å². The maximum atomic E-state index is 12.1. The van der Waals surface area contributed by atoms with Gasteiger partial charge in [-0.25, -0.2) is 0 Å². The smallest absolute Gasteiger partial charge is 0.166 e. The molecule has 1 atom stereocenters. The lowest BCUT2D eigenvalue weighted by Gasteiger charge is -2.16. The minimum absolute atomic E-state index is 0.0356. The first-order valence-electron chi connectivity index (χ1n) is 6.57. The van der Waals surface area contributed by atoms with Gasteiger partial charge < -0.3 is 10.2 Å². The SMILES string of the molecule is CC1CCCC(=O)c2c(O)cc(O)cc2CC(=O)C1. The molecule has 19 heavy (non-hydrogen) atoms. The third-order valence-corrected chi connectivity index (χ3v) is 3.53. The average Bonchev–Trinajstić information content (AvgIpc) is 2.26. The van der Waals surface area contributed by atoms with E-state index in [4.69, 9.17) is 0 Å². The molecule has 1 aliphatic rings. The molecule has 0 fully saturated rings. The Morgan fingerprint density at radius 3 is 2.68 bits per heavy atom. The zero-order valence-electron chi connectivity index (χ0n) is 11.0. The van der Waals surface area contributed by atoms with Crippen LogP contribution in [0.15, 0.2) is 12.1 Å². The maximum Gasteiger partial charge on any atom is 0.166 e. The van der Waals surface area contributed by atoms with E-state index in [2.05, 4.69) is 0 Å². The summed E-state index contributed by atoms with van der Waals surface area (Å²) >= 11 is 0.